The summed E-state index contributed by atoms with van der Waals surface area (Å²) in [5.41, 5.74) is 1.50. The maximum absolute atomic E-state index is 13.0. The van der Waals surface area contributed by atoms with Gasteiger partial charge in [-0.25, -0.2) is 0 Å². The molecule has 2 aliphatic rings. The molecule has 5 rings (SSSR count). The molecule has 0 spiro atoms. The molecule has 128 valence electrons. The second kappa shape index (κ2) is 5.33. The highest BCUT2D eigenvalue weighted by atomic mass is 35.5. The molecule has 1 aliphatic heterocycles. The molecule has 1 fully saturated rings. The summed E-state index contributed by atoms with van der Waals surface area (Å²) >= 11 is 6.04. The van der Waals surface area contributed by atoms with E-state index < -0.39 is 0 Å². The Labute approximate surface area is 149 Å². The number of aromatic amines is 1. The average molecular weight is 356 g/mol. The number of hydrogen-bond donors (Lipinski definition) is 1. The zero-order valence-electron chi connectivity index (χ0n) is 13.9. The molecule has 2 aromatic heterocycles. The normalized spacial score (nSPS) is 20.1. The number of benzene rings is 1. The topological polar surface area (TPSA) is 66.8 Å². The van der Waals surface area contributed by atoms with Crippen LogP contribution < -0.4 is 0 Å². The van der Waals surface area contributed by atoms with E-state index >= 15 is 0 Å². The Morgan fingerprint density at radius 2 is 2.12 bits per heavy atom. The van der Waals surface area contributed by atoms with Crippen LogP contribution in [-0.4, -0.2) is 37.1 Å². The van der Waals surface area contributed by atoms with Gasteiger partial charge in [0.1, 0.15) is 11.5 Å². The highest BCUT2D eigenvalue weighted by molar-refractivity contribution is 6.31. The van der Waals surface area contributed by atoms with Crippen molar-refractivity contribution in [2.24, 2.45) is 0 Å². The minimum Gasteiger partial charge on any atom is -0.351 e. The first-order chi connectivity index (χ1) is 12.1. The van der Waals surface area contributed by atoms with Gasteiger partial charge in [0.25, 0.3) is 5.91 Å². The van der Waals surface area contributed by atoms with E-state index in [1.54, 1.807) is 0 Å². The molecule has 0 saturated heterocycles. The van der Waals surface area contributed by atoms with Crippen LogP contribution >= 0.6 is 11.6 Å². The van der Waals surface area contributed by atoms with Crippen LogP contribution in [0.4, 0.5) is 0 Å². The van der Waals surface area contributed by atoms with Crippen LogP contribution in [0, 0.1) is 0 Å². The Morgan fingerprint density at radius 3 is 2.92 bits per heavy atom. The first-order valence-electron chi connectivity index (χ1n) is 8.61. The second-order valence-electron chi connectivity index (χ2n) is 7.07. The summed E-state index contributed by atoms with van der Waals surface area (Å²) in [6, 6.07) is 7.63. The Bertz CT molecular complexity index is 987. The van der Waals surface area contributed by atoms with E-state index in [1.165, 1.54) is 12.8 Å². The zero-order chi connectivity index (χ0) is 17.1. The minimum atomic E-state index is -0.0126. The lowest BCUT2D eigenvalue weighted by molar-refractivity contribution is 0.0674. The highest BCUT2D eigenvalue weighted by Crippen LogP contribution is 2.41. The van der Waals surface area contributed by atoms with Crippen LogP contribution in [0.5, 0.6) is 0 Å². The molecule has 7 heteroatoms. The van der Waals surface area contributed by atoms with Gasteiger partial charge in [-0.15, -0.1) is 10.2 Å². The summed E-state index contributed by atoms with van der Waals surface area (Å²) < 4.78 is 2.23. The maximum Gasteiger partial charge on any atom is 0.270 e. The monoisotopic (exact) mass is 355 g/mol. The van der Waals surface area contributed by atoms with Gasteiger partial charge in [0.05, 0.1) is 12.6 Å². The molecule has 1 amide bonds. The van der Waals surface area contributed by atoms with Crippen molar-refractivity contribution in [3.05, 3.63) is 46.6 Å². The Hall–Kier alpha value is -2.34. The number of H-pyrrole nitrogens is 1. The average Bonchev–Trinajstić information content (AvgIpc) is 3.20. The van der Waals surface area contributed by atoms with Crippen molar-refractivity contribution in [2.45, 2.75) is 38.3 Å². The van der Waals surface area contributed by atoms with Crippen LogP contribution in [0.3, 0.4) is 0 Å². The lowest BCUT2D eigenvalue weighted by atomic mass is 10.2. The molecule has 1 aromatic carbocycles. The molecular formula is C18H18ClN5O. The van der Waals surface area contributed by atoms with E-state index in [-0.39, 0.29) is 11.9 Å². The van der Waals surface area contributed by atoms with E-state index in [9.17, 15) is 4.79 Å². The molecular weight excluding hydrogens is 338 g/mol. The maximum atomic E-state index is 13.0. The number of carbonyl (C=O) groups is 1. The van der Waals surface area contributed by atoms with Crippen LogP contribution in [0.2, 0.25) is 5.02 Å². The molecule has 1 saturated carbocycles. The standard InChI is InChI=1S/C18H18ClN5O/c1-10-8-23(9-16-21-22-17(24(10)16)11-2-3-11)18(25)15-7-12-6-13(19)4-5-14(12)20-15/h4-7,10-11,20H,2-3,8-9H2,1H3/t10-/m0/s1. The predicted molar refractivity (Wildman–Crippen MR) is 94.8 cm³/mol. The molecule has 1 N–H and O–H groups in total. The number of aromatic nitrogens is 4. The van der Waals surface area contributed by atoms with E-state index in [1.807, 2.05) is 29.2 Å². The van der Waals surface area contributed by atoms with Crippen molar-refractivity contribution in [1.82, 2.24) is 24.6 Å². The summed E-state index contributed by atoms with van der Waals surface area (Å²) in [7, 11) is 0. The van der Waals surface area contributed by atoms with Gasteiger partial charge in [-0.05, 0) is 44.0 Å². The minimum absolute atomic E-state index is 0.0126. The van der Waals surface area contributed by atoms with Crippen molar-refractivity contribution in [3.63, 3.8) is 0 Å². The van der Waals surface area contributed by atoms with E-state index in [4.69, 9.17) is 11.6 Å². The van der Waals surface area contributed by atoms with Crippen molar-refractivity contribution in [3.8, 4) is 0 Å². The van der Waals surface area contributed by atoms with Gasteiger partial charge in [0.2, 0.25) is 0 Å². The summed E-state index contributed by atoms with van der Waals surface area (Å²) in [5.74, 6) is 2.52. The summed E-state index contributed by atoms with van der Waals surface area (Å²) in [6.07, 6.45) is 2.40. The number of nitrogens with one attached hydrogen (secondary N) is 1. The van der Waals surface area contributed by atoms with Crippen molar-refractivity contribution >= 4 is 28.4 Å². The molecule has 0 bridgehead atoms. The number of halogens is 1. The molecule has 3 aromatic rings. The fourth-order valence-corrected chi connectivity index (χ4v) is 3.91. The van der Waals surface area contributed by atoms with E-state index in [0.29, 0.717) is 29.7 Å². The molecule has 25 heavy (non-hydrogen) atoms. The summed E-state index contributed by atoms with van der Waals surface area (Å²) in [5, 5.41) is 10.3. The molecule has 0 radical (unpaired) electrons. The molecule has 6 nitrogen and oxygen atoms in total. The number of rotatable bonds is 2. The van der Waals surface area contributed by atoms with Crippen LogP contribution in [0.15, 0.2) is 24.3 Å². The first-order valence-corrected chi connectivity index (χ1v) is 8.99. The van der Waals surface area contributed by atoms with Gasteiger partial charge < -0.3 is 14.5 Å². The SMILES string of the molecule is C[C@H]1CN(C(=O)c2cc3cc(Cl)ccc3[nH]2)Cc2nnc(C3CC3)n21. The zero-order valence-corrected chi connectivity index (χ0v) is 14.6. The van der Waals surface area contributed by atoms with Crippen molar-refractivity contribution in [2.75, 3.05) is 6.54 Å². The van der Waals surface area contributed by atoms with Gasteiger partial charge in [-0.2, -0.15) is 0 Å². The largest absolute Gasteiger partial charge is 0.351 e. The molecule has 0 unspecified atom stereocenters. The lowest BCUT2D eigenvalue weighted by Gasteiger charge is -2.32. The third-order valence-electron chi connectivity index (χ3n) is 5.09. The Morgan fingerprint density at radius 1 is 1.28 bits per heavy atom. The van der Waals surface area contributed by atoms with Crippen LogP contribution in [0.1, 0.15) is 53.9 Å². The van der Waals surface area contributed by atoms with Gasteiger partial charge in [0, 0.05) is 28.4 Å². The Balaban J connectivity index is 1.45. The Kier molecular flexibility index (Phi) is 3.19. The second-order valence-corrected chi connectivity index (χ2v) is 7.50. The number of hydrogen-bond acceptors (Lipinski definition) is 3. The fourth-order valence-electron chi connectivity index (χ4n) is 3.73. The van der Waals surface area contributed by atoms with Gasteiger partial charge in [-0.1, -0.05) is 11.6 Å². The van der Waals surface area contributed by atoms with Gasteiger partial charge >= 0.3 is 0 Å². The fraction of sp³-hybridized carbons (Fsp3) is 0.389. The highest BCUT2D eigenvalue weighted by Gasteiger charge is 2.35. The summed E-state index contributed by atoms with van der Waals surface area (Å²) in [6.45, 7) is 3.29. The third kappa shape index (κ3) is 2.43. The number of carbonyl (C=O) groups excluding carboxylic acids is 1. The smallest absolute Gasteiger partial charge is 0.270 e. The number of nitrogens with zero attached hydrogens (tertiary/aromatic N) is 4. The van der Waals surface area contributed by atoms with Crippen LogP contribution in [0.25, 0.3) is 10.9 Å². The lowest BCUT2D eigenvalue weighted by Crippen LogP contribution is -2.40. The van der Waals surface area contributed by atoms with Crippen LogP contribution in [-0.2, 0) is 6.54 Å². The van der Waals surface area contributed by atoms with Crippen molar-refractivity contribution in [1.29, 1.82) is 0 Å². The summed E-state index contributed by atoms with van der Waals surface area (Å²) in [4.78, 5) is 18.0. The third-order valence-corrected chi connectivity index (χ3v) is 5.33. The van der Waals surface area contributed by atoms with E-state index in [0.717, 1.165) is 22.6 Å². The number of fused-ring (bicyclic) bond motifs is 2. The molecule has 1 aliphatic carbocycles. The molecule has 1 atom stereocenters. The van der Waals surface area contributed by atoms with E-state index in [2.05, 4.69) is 26.7 Å². The number of amides is 1. The van der Waals surface area contributed by atoms with Crippen molar-refractivity contribution < 1.29 is 4.79 Å². The molecule has 3 heterocycles. The first kappa shape index (κ1) is 15.0. The van der Waals surface area contributed by atoms with Gasteiger partial charge in [-0.3, -0.25) is 4.79 Å². The predicted octanol–water partition coefficient (Wildman–Crippen LogP) is 3.51. The van der Waals surface area contributed by atoms with Gasteiger partial charge in [0.15, 0.2) is 5.82 Å². The quantitative estimate of drug-likeness (QED) is 0.765.